The molecule has 166 valence electrons. The summed E-state index contributed by atoms with van der Waals surface area (Å²) in [5, 5.41) is 2.71. The number of esters is 1. The van der Waals surface area contributed by atoms with Gasteiger partial charge in [-0.15, -0.1) is 0 Å². The summed E-state index contributed by atoms with van der Waals surface area (Å²) in [6.45, 7) is -1.16. The third kappa shape index (κ3) is 6.16. The summed E-state index contributed by atoms with van der Waals surface area (Å²) in [7, 11) is -2.44. The first-order chi connectivity index (χ1) is 15.4. The van der Waals surface area contributed by atoms with Crippen molar-refractivity contribution in [2.24, 2.45) is 0 Å². The third-order valence-corrected chi connectivity index (χ3v) is 5.84. The van der Waals surface area contributed by atoms with Crippen LogP contribution in [0.3, 0.4) is 0 Å². The molecule has 0 aliphatic carbocycles. The molecule has 0 spiro atoms. The molecule has 3 rings (SSSR count). The van der Waals surface area contributed by atoms with Crippen molar-refractivity contribution in [3.63, 3.8) is 0 Å². The zero-order valence-corrected chi connectivity index (χ0v) is 18.1. The Labute approximate surface area is 186 Å². The van der Waals surface area contributed by atoms with Crippen LogP contribution in [0, 0.1) is 0 Å². The van der Waals surface area contributed by atoms with Gasteiger partial charge in [0.25, 0.3) is 5.91 Å². The number of anilines is 1. The molecule has 9 heteroatoms. The van der Waals surface area contributed by atoms with Gasteiger partial charge in [0.15, 0.2) is 6.61 Å². The minimum Gasteiger partial charge on any atom is -0.497 e. The Hall–Kier alpha value is -3.69. The van der Waals surface area contributed by atoms with Gasteiger partial charge in [-0.25, -0.2) is 8.42 Å². The minimum absolute atomic E-state index is 0.0265. The van der Waals surface area contributed by atoms with Gasteiger partial charge in [0.2, 0.25) is 10.0 Å². The fraction of sp³-hybridized carbons (Fsp3) is 0.130. The topological polar surface area (TPSA) is 111 Å². The molecule has 0 fully saturated rings. The second kappa shape index (κ2) is 10.6. The number of benzene rings is 3. The zero-order valence-electron chi connectivity index (χ0n) is 17.3. The lowest BCUT2D eigenvalue weighted by molar-refractivity contribution is -0.146. The molecule has 0 unspecified atom stereocenters. The summed E-state index contributed by atoms with van der Waals surface area (Å²) >= 11 is 0. The van der Waals surface area contributed by atoms with Crippen molar-refractivity contribution in [2.75, 3.05) is 25.6 Å². The lowest BCUT2D eigenvalue weighted by Crippen LogP contribution is -2.32. The molecule has 0 radical (unpaired) electrons. The fourth-order valence-electron chi connectivity index (χ4n) is 2.84. The standard InChI is InChI=1S/C23H22N2O6S/c1-30-18-11-13-19(14-12-18)32(28,29)24-15-23(27)31-16-22(26)25-21-10-6-5-9-20(21)17-7-3-2-4-8-17/h2-14,24H,15-16H2,1H3,(H,25,26). The van der Waals surface area contributed by atoms with E-state index in [0.717, 1.165) is 11.1 Å². The second-order valence-electron chi connectivity index (χ2n) is 6.62. The van der Waals surface area contributed by atoms with Gasteiger partial charge in [-0.1, -0.05) is 48.5 Å². The van der Waals surface area contributed by atoms with Crippen LogP contribution in [0.1, 0.15) is 0 Å². The van der Waals surface area contributed by atoms with Gasteiger partial charge in [0.1, 0.15) is 12.3 Å². The summed E-state index contributed by atoms with van der Waals surface area (Å²) in [6, 6.07) is 22.4. The lowest BCUT2D eigenvalue weighted by atomic mass is 10.0. The number of carbonyl (C=O) groups is 2. The number of carbonyl (C=O) groups excluding carboxylic acids is 2. The molecule has 0 aromatic heterocycles. The van der Waals surface area contributed by atoms with Crippen LogP contribution >= 0.6 is 0 Å². The van der Waals surface area contributed by atoms with E-state index in [0.29, 0.717) is 11.4 Å². The van der Waals surface area contributed by atoms with Crippen LogP contribution in [0.2, 0.25) is 0 Å². The second-order valence-corrected chi connectivity index (χ2v) is 8.39. The monoisotopic (exact) mass is 454 g/mol. The number of nitrogens with one attached hydrogen (secondary N) is 2. The Morgan fingerprint density at radius 3 is 2.22 bits per heavy atom. The first-order valence-corrected chi connectivity index (χ1v) is 11.1. The number of hydrogen-bond acceptors (Lipinski definition) is 6. The van der Waals surface area contributed by atoms with Gasteiger partial charge in [0, 0.05) is 11.3 Å². The lowest BCUT2D eigenvalue weighted by Gasteiger charge is -2.12. The van der Waals surface area contributed by atoms with Gasteiger partial charge in [-0.2, -0.15) is 4.72 Å². The van der Waals surface area contributed by atoms with E-state index in [1.807, 2.05) is 42.5 Å². The number of ether oxygens (including phenoxy) is 2. The fourth-order valence-corrected chi connectivity index (χ4v) is 3.81. The summed E-state index contributed by atoms with van der Waals surface area (Å²) in [6.07, 6.45) is 0. The van der Waals surface area contributed by atoms with E-state index in [1.165, 1.54) is 31.4 Å². The highest BCUT2D eigenvalue weighted by Crippen LogP contribution is 2.27. The smallest absolute Gasteiger partial charge is 0.321 e. The maximum atomic E-state index is 12.2. The minimum atomic E-state index is -3.91. The van der Waals surface area contributed by atoms with E-state index in [9.17, 15) is 18.0 Å². The summed E-state index contributed by atoms with van der Waals surface area (Å²) in [5.74, 6) is -0.920. The van der Waals surface area contributed by atoms with Crippen molar-refractivity contribution < 1.29 is 27.5 Å². The van der Waals surface area contributed by atoms with Gasteiger partial charge in [0.05, 0.1) is 12.0 Å². The first kappa shape index (κ1) is 23.0. The third-order valence-electron chi connectivity index (χ3n) is 4.43. The number of methoxy groups -OCH3 is 1. The molecule has 0 atom stereocenters. The largest absolute Gasteiger partial charge is 0.497 e. The quantitative estimate of drug-likeness (QED) is 0.481. The Bertz CT molecular complexity index is 1180. The number of sulfonamides is 1. The van der Waals surface area contributed by atoms with Gasteiger partial charge >= 0.3 is 5.97 Å². The van der Waals surface area contributed by atoms with Crippen LogP contribution in [-0.4, -0.2) is 40.6 Å². The van der Waals surface area contributed by atoms with Gasteiger partial charge in [-0.05, 0) is 35.9 Å². The SMILES string of the molecule is COc1ccc(S(=O)(=O)NCC(=O)OCC(=O)Nc2ccccc2-c2ccccc2)cc1. The molecule has 3 aromatic carbocycles. The van der Waals surface area contributed by atoms with Crippen LogP contribution in [-0.2, 0) is 24.3 Å². The molecule has 0 heterocycles. The van der Waals surface area contributed by atoms with Crippen molar-refractivity contribution >= 4 is 27.6 Å². The van der Waals surface area contributed by atoms with E-state index in [1.54, 1.807) is 12.1 Å². The molecule has 0 saturated heterocycles. The van der Waals surface area contributed by atoms with Crippen LogP contribution in [0.5, 0.6) is 5.75 Å². The van der Waals surface area contributed by atoms with E-state index < -0.39 is 35.1 Å². The van der Waals surface area contributed by atoms with Crippen LogP contribution < -0.4 is 14.8 Å². The van der Waals surface area contributed by atoms with E-state index in [-0.39, 0.29) is 4.90 Å². The molecule has 2 N–H and O–H groups in total. The Morgan fingerprint density at radius 1 is 0.875 bits per heavy atom. The molecule has 1 amide bonds. The molecule has 0 aliphatic rings. The van der Waals surface area contributed by atoms with Crippen molar-refractivity contribution in [3.05, 3.63) is 78.9 Å². The Morgan fingerprint density at radius 2 is 1.53 bits per heavy atom. The highest BCUT2D eigenvalue weighted by atomic mass is 32.2. The Kier molecular flexibility index (Phi) is 7.58. The maximum absolute atomic E-state index is 12.2. The number of para-hydroxylation sites is 1. The van der Waals surface area contributed by atoms with Crippen molar-refractivity contribution in [1.82, 2.24) is 4.72 Å². The predicted molar refractivity (Wildman–Crippen MR) is 120 cm³/mol. The Balaban J connectivity index is 1.52. The van der Waals surface area contributed by atoms with Gasteiger partial charge < -0.3 is 14.8 Å². The highest BCUT2D eigenvalue weighted by Gasteiger charge is 2.17. The van der Waals surface area contributed by atoms with E-state index in [4.69, 9.17) is 9.47 Å². The predicted octanol–water partition coefficient (Wildman–Crippen LogP) is 2.82. The van der Waals surface area contributed by atoms with Crippen LogP contribution in [0.4, 0.5) is 5.69 Å². The number of hydrogen-bond donors (Lipinski definition) is 2. The first-order valence-electron chi connectivity index (χ1n) is 9.63. The number of rotatable bonds is 9. The number of amides is 1. The van der Waals surface area contributed by atoms with E-state index in [2.05, 4.69) is 10.0 Å². The molecule has 3 aromatic rings. The highest BCUT2D eigenvalue weighted by molar-refractivity contribution is 7.89. The van der Waals surface area contributed by atoms with Crippen molar-refractivity contribution in [1.29, 1.82) is 0 Å². The van der Waals surface area contributed by atoms with E-state index >= 15 is 0 Å². The van der Waals surface area contributed by atoms with Crippen LogP contribution in [0.25, 0.3) is 11.1 Å². The van der Waals surface area contributed by atoms with Gasteiger partial charge in [-0.3, -0.25) is 9.59 Å². The summed E-state index contributed by atoms with van der Waals surface area (Å²) < 4.78 is 36.5. The zero-order chi connectivity index (χ0) is 23.0. The normalized spacial score (nSPS) is 10.9. The average Bonchev–Trinajstić information content (AvgIpc) is 2.82. The molecular weight excluding hydrogens is 432 g/mol. The average molecular weight is 455 g/mol. The van der Waals surface area contributed by atoms with Crippen molar-refractivity contribution in [2.45, 2.75) is 4.90 Å². The molecule has 32 heavy (non-hydrogen) atoms. The molecular formula is C23H22N2O6S. The molecule has 0 saturated carbocycles. The maximum Gasteiger partial charge on any atom is 0.321 e. The summed E-state index contributed by atoms with van der Waals surface area (Å²) in [4.78, 5) is 24.1. The molecule has 0 aliphatic heterocycles. The van der Waals surface area contributed by atoms with Crippen LogP contribution in [0.15, 0.2) is 83.8 Å². The van der Waals surface area contributed by atoms with Crippen molar-refractivity contribution in [3.8, 4) is 16.9 Å². The molecule has 0 bridgehead atoms. The molecule has 8 nitrogen and oxygen atoms in total. The summed E-state index contributed by atoms with van der Waals surface area (Å²) in [5.41, 5.74) is 2.31.